The molecular weight excluding hydrogens is 292 g/mol. The Morgan fingerprint density at radius 3 is 2.57 bits per heavy atom. The molecule has 0 fully saturated rings. The molecule has 23 heavy (non-hydrogen) atoms. The Kier molecular flexibility index (Phi) is 5.94. The van der Waals surface area contributed by atoms with Gasteiger partial charge in [-0.2, -0.15) is 5.10 Å². The summed E-state index contributed by atoms with van der Waals surface area (Å²) < 4.78 is 10.4. The largest absolute Gasteiger partial charge is 0.497 e. The number of amides is 1. The van der Waals surface area contributed by atoms with Gasteiger partial charge in [0.2, 0.25) is 0 Å². The molecule has 0 unspecified atom stereocenters. The van der Waals surface area contributed by atoms with Crippen LogP contribution in [0.15, 0.2) is 59.7 Å². The Morgan fingerprint density at radius 2 is 1.87 bits per heavy atom. The van der Waals surface area contributed by atoms with Crippen LogP contribution in [0.2, 0.25) is 0 Å². The van der Waals surface area contributed by atoms with Crippen LogP contribution in [0.4, 0.5) is 0 Å². The monoisotopic (exact) mass is 310 g/mol. The Bertz CT molecular complexity index is 709. The van der Waals surface area contributed by atoms with Crippen molar-refractivity contribution in [3.05, 3.63) is 65.7 Å². The van der Waals surface area contributed by atoms with E-state index in [0.717, 1.165) is 11.1 Å². The lowest BCUT2D eigenvalue weighted by atomic mass is 10.1. The van der Waals surface area contributed by atoms with E-state index in [1.165, 1.54) is 6.08 Å². The Labute approximate surface area is 135 Å². The smallest absolute Gasteiger partial charge is 0.264 e. The summed E-state index contributed by atoms with van der Waals surface area (Å²) >= 11 is 0. The van der Waals surface area contributed by atoms with Crippen LogP contribution in [-0.2, 0) is 4.79 Å². The maximum Gasteiger partial charge on any atom is 0.264 e. The minimum absolute atomic E-state index is 0.331. The number of benzene rings is 2. The fourth-order valence-corrected chi connectivity index (χ4v) is 1.88. The minimum atomic E-state index is -0.331. The number of hydrogen-bond acceptors (Lipinski definition) is 4. The standard InChI is InChI=1S/C18H18N2O3/c1-22-16-9-10-17(23-2)15(12-16)8-11-18(21)20-19-13-14-6-4-3-5-7-14/h3-13H,1-2H3,(H,20,21)/b11-8+,19-13+. The second kappa shape index (κ2) is 8.38. The molecule has 0 saturated carbocycles. The predicted molar refractivity (Wildman–Crippen MR) is 90.8 cm³/mol. The summed E-state index contributed by atoms with van der Waals surface area (Å²) in [5.74, 6) is 1.01. The number of carbonyl (C=O) groups is 1. The van der Waals surface area contributed by atoms with E-state index < -0.39 is 0 Å². The van der Waals surface area contributed by atoms with Crippen LogP contribution < -0.4 is 14.9 Å². The molecule has 0 aliphatic rings. The molecule has 5 nitrogen and oxygen atoms in total. The molecule has 0 heterocycles. The van der Waals surface area contributed by atoms with Crippen molar-refractivity contribution in [3.8, 4) is 11.5 Å². The van der Waals surface area contributed by atoms with Crippen LogP contribution >= 0.6 is 0 Å². The SMILES string of the molecule is COc1ccc(OC)c(/C=C/C(=O)N/N=C/c2ccccc2)c1. The van der Waals surface area contributed by atoms with Crippen LogP contribution in [0.3, 0.4) is 0 Å². The number of methoxy groups -OCH3 is 2. The predicted octanol–water partition coefficient (Wildman–Crippen LogP) is 2.87. The molecule has 118 valence electrons. The topological polar surface area (TPSA) is 59.9 Å². The van der Waals surface area contributed by atoms with Crippen molar-refractivity contribution < 1.29 is 14.3 Å². The molecule has 0 atom stereocenters. The molecule has 0 bridgehead atoms. The summed E-state index contributed by atoms with van der Waals surface area (Å²) in [7, 11) is 3.16. The number of ether oxygens (including phenoxy) is 2. The number of carbonyl (C=O) groups excluding carboxylic acids is 1. The summed E-state index contributed by atoms with van der Waals surface area (Å²) in [5.41, 5.74) is 4.09. The van der Waals surface area contributed by atoms with Gasteiger partial charge in [0, 0.05) is 11.6 Å². The lowest BCUT2D eigenvalue weighted by Gasteiger charge is -2.06. The summed E-state index contributed by atoms with van der Waals surface area (Å²) in [4.78, 5) is 11.8. The molecule has 0 saturated heterocycles. The van der Waals surface area contributed by atoms with Crippen LogP contribution in [0.5, 0.6) is 11.5 Å². The van der Waals surface area contributed by atoms with E-state index in [0.29, 0.717) is 11.5 Å². The third-order valence-electron chi connectivity index (χ3n) is 3.04. The van der Waals surface area contributed by atoms with Gasteiger partial charge in [-0.1, -0.05) is 30.3 Å². The number of nitrogens with one attached hydrogen (secondary N) is 1. The average molecular weight is 310 g/mol. The van der Waals surface area contributed by atoms with E-state index in [9.17, 15) is 4.79 Å². The zero-order valence-electron chi connectivity index (χ0n) is 13.0. The van der Waals surface area contributed by atoms with Crippen molar-refractivity contribution in [1.29, 1.82) is 0 Å². The van der Waals surface area contributed by atoms with Gasteiger partial charge in [-0.3, -0.25) is 4.79 Å². The molecule has 0 aliphatic carbocycles. The first-order valence-electron chi connectivity index (χ1n) is 7.01. The number of nitrogens with zero attached hydrogens (tertiary/aromatic N) is 1. The Balaban J connectivity index is 1.99. The summed E-state index contributed by atoms with van der Waals surface area (Å²) in [6, 6.07) is 14.9. The van der Waals surface area contributed by atoms with Crippen LogP contribution in [-0.4, -0.2) is 26.3 Å². The maximum absolute atomic E-state index is 11.8. The second-order valence-electron chi connectivity index (χ2n) is 4.59. The minimum Gasteiger partial charge on any atom is -0.497 e. The number of hydrogen-bond donors (Lipinski definition) is 1. The molecule has 0 radical (unpaired) electrons. The highest BCUT2D eigenvalue weighted by Gasteiger charge is 2.02. The normalized spacial score (nSPS) is 10.9. The first-order valence-corrected chi connectivity index (χ1v) is 7.01. The second-order valence-corrected chi connectivity index (χ2v) is 4.59. The van der Waals surface area contributed by atoms with Gasteiger partial charge in [0.15, 0.2) is 0 Å². The molecule has 0 aliphatic heterocycles. The van der Waals surface area contributed by atoms with E-state index >= 15 is 0 Å². The zero-order chi connectivity index (χ0) is 16.5. The van der Waals surface area contributed by atoms with Crippen LogP contribution in [0.25, 0.3) is 6.08 Å². The third-order valence-corrected chi connectivity index (χ3v) is 3.04. The van der Waals surface area contributed by atoms with Crippen molar-refractivity contribution in [3.63, 3.8) is 0 Å². The molecular formula is C18H18N2O3. The molecule has 2 aromatic rings. The van der Waals surface area contributed by atoms with Gasteiger partial charge in [-0.15, -0.1) is 0 Å². The Morgan fingerprint density at radius 1 is 1.09 bits per heavy atom. The van der Waals surface area contributed by atoms with Gasteiger partial charge in [0.1, 0.15) is 11.5 Å². The van der Waals surface area contributed by atoms with Crippen molar-refractivity contribution in [1.82, 2.24) is 5.43 Å². The van der Waals surface area contributed by atoms with E-state index in [1.807, 2.05) is 30.3 Å². The van der Waals surface area contributed by atoms with Crippen LogP contribution in [0.1, 0.15) is 11.1 Å². The van der Waals surface area contributed by atoms with Gasteiger partial charge in [0.05, 0.1) is 20.4 Å². The van der Waals surface area contributed by atoms with Crippen LogP contribution in [0, 0.1) is 0 Å². The van der Waals surface area contributed by atoms with Gasteiger partial charge < -0.3 is 9.47 Å². The van der Waals surface area contributed by atoms with Gasteiger partial charge in [-0.05, 0) is 29.8 Å². The molecule has 2 rings (SSSR count). The number of rotatable bonds is 6. The fraction of sp³-hybridized carbons (Fsp3) is 0.111. The van der Waals surface area contributed by atoms with Crippen molar-refractivity contribution in [2.45, 2.75) is 0 Å². The first kappa shape index (κ1) is 16.3. The van der Waals surface area contributed by atoms with E-state index in [1.54, 1.807) is 44.7 Å². The third kappa shape index (κ3) is 5.00. The highest BCUT2D eigenvalue weighted by Crippen LogP contribution is 2.24. The lowest BCUT2D eigenvalue weighted by molar-refractivity contribution is -0.116. The first-order chi connectivity index (χ1) is 11.2. The van der Waals surface area contributed by atoms with Crippen molar-refractivity contribution in [2.75, 3.05) is 14.2 Å². The molecule has 1 amide bonds. The molecule has 1 N–H and O–H groups in total. The molecule has 0 spiro atoms. The zero-order valence-corrected chi connectivity index (χ0v) is 13.0. The highest BCUT2D eigenvalue weighted by atomic mass is 16.5. The maximum atomic E-state index is 11.8. The van der Waals surface area contributed by atoms with Gasteiger partial charge >= 0.3 is 0 Å². The summed E-state index contributed by atoms with van der Waals surface area (Å²) in [6.45, 7) is 0. The molecule has 2 aromatic carbocycles. The van der Waals surface area contributed by atoms with Crippen molar-refractivity contribution >= 4 is 18.2 Å². The fourth-order valence-electron chi connectivity index (χ4n) is 1.88. The Hall–Kier alpha value is -3.08. The summed E-state index contributed by atoms with van der Waals surface area (Å²) in [5, 5.41) is 3.90. The highest BCUT2D eigenvalue weighted by molar-refractivity contribution is 5.93. The van der Waals surface area contributed by atoms with Gasteiger partial charge in [0.25, 0.3) is 5.91 Å². The quantitative estimate of drug-likeness (QED) is 0.507. The number of hydrazone groups is 1. The molecule has 0 aromatic heterocycles. The van der Waals surface area contributed by atoms with Crippen molar-refractivity contribution in [2.24, 2.45) is 5.10 Å². The molecule has 5 heteroatoms. The van der Waals surface area contributed by atoms with Gasteiger partial charge in [-0.25, -0.2) is 5.43 Å². The van der Waals surface area contributed by atoms with E-state index in [-0.39, 0.29) is 5.91 Å². The van der Waals surface area contributed by atoms with E-state index in [2.05, 4.69) is 10.5 Å². The average Bonchev–Trinajstić information content (AvgIpc) is 2.60. The summed E-state index contributed by atoms with van der Waals surface area (Å²) in [6.07, 6.45) is 4.62. The van der Waals surface area contributed by atoms with E-state index in [4.69, 9.17) is 9.47 Å². The lowest BCUT2D eigenvalue weighted by Crippen LogP contribution is -2.14.